The number of amides is 1. The van der Waals surface area contributed by atoms with E-state index in [2.05, 4.69) is 0 Å². The number of hydrogen-bond donors (Lipinski definition) is 0. The molecule has 2 rings (SSSR count). The highest BCUT2D eigenvalue weighted by molar-refractivity contribution is 5.94. The highest BCUT2D eigenvalue weighted by atomic mass is 19.1. The molecule has 1 heterocycles. The normalized spacial score (nSPS) is 21.5. The number of nitrogens with zero attached hydrogens (tertiary/aromatic N) is 1. The van der Waals surface area contributed by atoms with Gasteiger partial charge < -0.3 is 9.64 Å². The molecule has 4 nitrogen and oxygen atoms in total. The van der Waals surface area contributed by atoms with Gasteiger partial charge in [-0.1, -0.05) is 6.07 Å². The molecule has 1 aromatic carbocycles. The molecule has 0 spiro atoms. The summed E-state index contributed by atoms with van der Waals surface area (Å²) in [5, 5.41) is 0. The Kier molecular flexibility index (Phi) is 4.84. The van der Waals surface area contributed by atoms with E-state index < -0.39 is 11.2 Å². The van der Waals surface area contributed by atoms with Crippen molar-refractivity contribution in [2.24, 2.45) is 5.41 Å². The molecular formula is C17H22FNO3. The number of esters is 1. The first-order valence-electron chi connectivity index (χ1n) is 7.60. The number of hydrogen-bond acceptors (Lipinski definition) is 3. The molecule has 0 saturated carbocycles. The van der Waals surface area contributed by atoms with E-state index in [0.29, 0.717) is 37.2 Å². The monoisotopic (exact) mass is 307 g/mol. The fourth-order valence-electron chi connectivity index (χ4n) is 2.79. The van der Waals surface area contributed by atoms with Gasteiger partial charge in [-0.3, -0.25) is 9.59 Å². The second-order valence-corrected chi connectivity index (χ2v) is 6.08. The van der Waals surface area contributed by atoms with Crippen molar-refractivity contribution in [3.05, 3.63) is 35.1 Å². The number of aryl methyl sites for hydroxylation is 1. The number of benzene rings is 1. The van der Waals surface area contributed by atoms with Crippen LogP contribution in [0.3, 0.4) is 0 Å². The number of piperidine rings is 1. The van der Waals surface area contributed by atoms with Gasteiger partial charge in [0.05, 0.1) is 12.0 Å². The predicted octanol–water partition coefficient (Wildman–Crippen LogP) is 2.94. The van der Waals surface area contributed by atoms with Crippen LogP contribution in [0.4, 0.5) is 4.39 Å². The SMILES string of the molecule is CCOC(=O)C1(C)CCCN(C(=O)c2ccc(C)c(F)c2)C1. The first-order valence-corrected chi connectivity index (χ1v) is 7.60. The topological polar surface area (TPSA) is 46.6 Å². The lowest BCUT2D eigenvalue weighted by molar-refractivity contribution is -0.157. The molecule has 1 unspecified atom stereocenters. The Morgan fingerprint density at radius 2 is 2.14 bits per heavy atom. The summed E-state index contributed by atoms with van der Waals surface area (Å²) in [4.78, 5) is 26.3. The van der Waals surface area contributed by atoms with Crippen LogP contribution in [-0.4, -0.2) is 36.5 Å². The summed E-state index contributed by atoms with van der Waals surface area (Å²) in [6.45, 7) is 6.44. The number of likely N-dealkylation sites (tertiary alicyclic amines) is 1. The Bertz CT molecular complexity index is 587. The average Bonchev–Trinajstić information content (AvgIpc) is 2.49. The van der Waals surface area contributed by atoms with Crippen LogP contribution in [0, 0.1) is 18.2 Å². The maximum absolute atomic E-state index is 13.6. The Balaban J connectivity index is 2.16. The summed E-state index contributed by atoms with van der Waals surface area (Å²) in [5.41, 5.74) is 0.135. The van der Waals surface area contributed by atoms with E-state index in [1.54, 1.807) is 30.9 Å². The van der Waals surface area contributed by atoms with E-state index >= 15 is 0 Å². The van der Waals surface area contributed by atoms with Gasteiger partial charge in [0.1, 0.15) is 5.82 Å². The summed E-state index contributed by atoms with van der Waals surface area (Å²) >= 11 is 0. The molecule has 0 aliphatic carbocycles. The number of carbonyl (C=O) groups excluding carboxylic acids is 2. The fraction of sp³-hybridized carbons (Fsp3) is 0.529. The largest absolute Gasteiger partial charge is 0.466 e. The van der Waals surface area contributed by atoms with Crippen molar-refractivity contribution in [1.82, 2.24) is 4.90 Å². The molecule has 1 amide bonds. The molecule has 0 N–H and O–H groups in total. The molecule has 5 heteroatoms. The first-order chi connectivity index (χ1) is 10.4. The second-order valence-electron chi connectivity index (χ2n) is 6.08. The van der Waals surface area contributed by atoms with Crippen LogP contribution < -0.4 is 0 Å². The van der Waals surface area contributed by atoms with Crippen molar-refractivity contribution in [1.29, 1.82) is 0 Å². The van der Waals surface area contributed by atoms with E-state index in [1.807, 2.05) is 6.92 Å². The zero-order chi connectivity index (χ0) is 16.3. The van der Waals surface area contributed by atoms with Gasteiger partial charge in [0.25, 0.3) is 5.91 Å². The summed E-state index contributed by atoms with van der Waals surface area (Å²) in [5.74, 6) is -0.910. The third kappa shape index (κ3) is 3.29. The van der Waals surface area contributed by atoms with E-state index in [4.69, 9.17) is 4.74 Å². The highest BCUT2D eigenvalue weighted by Gasteiger charge is 2.40. The lowest BCUT2D eigenvalue weighted by Gasteiger charge is -2.38. The molecule has 120 valence electrons. The molecule has 1 fully saturated rings. The van der Waals surface area contributed by atoms with Crippen molar-refractivity contribution in [3.63, 3.8) is 0 Å². The van der Waals surface area contributed by atoms with E-state index in [1.165, 1.54) is 6.07 Å². The summed E-state index contributed by atoms with van der Waals surface area (Å²) in [7, 11) is 0. The van der Waals surface area contributed by atoms with Gasteiger partial charge >= 0.3 is 5.97 Å². The van der Waals surface area contributed by atoms with Crippen molar-refractivity contribution < 1.29 is 18.7 Å². The molecular weight excluding hydrogens is 285 g/mol. The van der Waals surface area contributed by atoms with Crippen LogP contribution in [0.25, 0.3) is 0 Å². The van der Waals surface area contributed by atoms with Crippen LogP contribution in [0.2, 0.25) is 0 Å². The maximum Gasteiger partial charge on any atom is 0.313 e. The number of ether oxygens (including phenoxy) is 1. The van der Waals surface area contributed by atoms with Gasteiger partial charge in [-0.2, -0.15) is 0 Å². The maximum atomic E-state index is 13.6. The Morgan fingerprint density at radius 1 is 1.41 bits per heavy atom. The van der Waals surface area contributed by atoms with Crippen molar-refractivity contribution in [3.8, 4) is 0 Å². The predicted molar refractivity (Wildman–Crippen MR) is 81.0 cm³/mol. The van der Waals surface area contributed by atoms with Crippen LogP contribution in [-0.2, 0) is 9.53 Å². The molecule has 1 aliphatic heterocycles. The zero-order valence-corrected chi connectivity index (χ0v) is 13.3. The van der Waals surface area contributed by atoms with Gasteiger partial charge in [0.2, 0.25) is 0 Å². The molecule has 1 aromatic rings. The van der Waals surface area contributed by atoms with Crippen molar-refractivity contribution in [2.75, 3.05) is 19.7 Å². The molecule has 1 aliphatic rings. The molecule has 0 radical (unpaired) electrons. The molecule has 0 aromatic heterocycles. The standard InChI is InChI=1S/C17H22FNO3/c1-4-22-16(21)17(3)8-5-9-19(11-17)15(20)13-7-6-12(2)14(18)10-13/h6-7,10H,4-5,8-9,11H2,1-3H3. The summed E-state index contributed by atoms with van der Waals surface area (Å²) in [6, 6.07) is 4.47. The van der Waals surface area contributed by atoms with Crippen LogP contribution in [0.5, 0.6) is 0 Å². The van der Waals surface area contributed by atoms with Crippen LogP contribution >= 0.6 is 0 Å². The fourth-order valence-corrected chi connectivity index (χ4v) is 2.79. The van der Waals surface area contributed by atoms with Crippen LogP contribution in [0.15, 0.2) is 18.2 Å². The minimum atomic E-state index is -0.687. The third-order valence-electron chi connectivity index (χ3n) is 4.17. The molecule has 22 heavy (non-hydrogen) atoms. The molecule has 1 saturated heterocycles. The van der Waals surface area contributed by atoms with Crippen LogP contribution in [0.1, 0.15) is 42.6 Å². The molecule has 1 atom stereocenters. The zero-order valence-electron chi connectivity index (χ0n) is 13.3. The minimum absolute atomic E-state index is 0.242. The number of halogens is 1. The van der Waals surface area contributed by atoms with Gasteiger partial charge in [-0.25, -0.2) is 4.39 Å². The van der Waals surface area contributed by atoms with Crippen molar-refractivity contribution in [2.45, 2.75) is 33.6 Å². The van der Waals surface area contributed by atoms with E-state index in [0.717, 1.165) is 6.42 Å². The van der Waals surface area contributed by atoms with Gasteiger partial charge in [-0.15, -0.1) is 0 Å². The Morgan fingerprint density at radius 3 is 2.77 bits per heavy atom. The van der Waals surface area contributed by atoms with E-state index in [-0.39, 0.29) is 11.9 Å². The minimum Gasteiger partial charge on any atom is -0.466 e. The lowest BCUT2D eigenvalue weighted by Crippen LogP contribution is -2.49. The van der Waals surface area contributed by atoms with Gasteiger partial charge in [0, 0.05) is 18.7 Å². The first kappa shape index (κ1) is 16.5. The van der Waals surface area contributed by atoms with Crippen molar-refractivity contribution >= 4 is 11.9 Å². The van der Waals surface area contributed by atoms with Gasteiger partial charge in [-0.05, 0) is 51.3 Å². The Labute approximate surface area is 130 Å². The van der Waals surface area contributed by atoms with E-state index in [9.17, 15) is 14.0 Å². The average molecular weight is 307 g/mol. The highest BCUT2D eigenvalue weighted by Crippen LogP contribution is 2.31. The lowest BCUT2D eigenvalue weighted by atomic mass is 9.81. The quantitative estimate of drug-likeness (QED) is 0.807. The second kappa shape index (κ2) is 6.46. The Hall–Kier alpha value is -1.91. The number of rotatable bonds is 3. The van der Waals surface area contributed by atoms with Gasteiger partial charge in [0.15, 0.2) is 0 Å². The third-order valence-corrected chi connectivity index (χ3v) is 4.17. The number of carbonyl (C=O) groups is 2. The summed E-state index contributed by atoms with van der Waals surface area (Å²) < 4.78 is 18.8. The smallest absolute Gasteiger partial charge is 0.313 e. The summed E-state index contributed by atoms with van der Waals surface area (Å²) in [6.07, 6.45) is 1.42. The molecule has 0 bridgehead atoms.